The highest BCUT2D eigenvalue weighted by atomic mass is 79.9. The highest BCUT2D eigenvalue weighted by molar-refractivity contribution is 9.11. The van der Waals surface area contributed by atoms with E-state index in [0.717, 1.165) is 12.8 Å². The number of benzene rings is 1. The van der Waals surface area contributed by atoms with Gasteiger partial charge in [0.1, 0.15) is 5.82 Å². The van der Waals surface area contributed by atoms with E-state index < -0.39 is 21.6 Å². The number of thiazole rings is 1. The second kappa shape index (κ2) is 8.10. The molecule has 0 unspecified atom stereocenters. The number of amides is 1. The normalized spacial score (nSPS) is 18.5. The minimum atomic E-state index is -2.86. The molecule has 1 aromatic carbocycles. The van der Waals surface area contributed by atoms with Crippen LogP contribution in [0.3, 0.4) is 0 Å². The van der Waals surface area contributed by atoms with Gasteiger partial charge in [0, 0.05) is 23.2 Å². The summed E-state index contributed by atoms with van der Waals surface area (Å²) in [6, 6.07) is 6.63. The number of hydrogen-bond acceptors (Lipinski definition) is 8. The fourth-order valence-electron chi connectivity index (χ4n) is 4.69. The standard InChI is InChI=1S/C21H19BrFN5O3S2/c22-19-28-17(13-3-1-2-11(16(13)23)6-15(24)29)18(32-19)14-4-5-25-20(27-14)26-12-7-21(8-12)9-33(30,31)10-21/h1-5,12H,6-10H2,(H2,24,29)(H,25,26,27). The molecule has 3 aromatic rings. The Kier molecular flexibility index (Phi) is 5.49. The van der Waals surface area contributed by atoms with E-state index in [1.54, 1.807) is 24.4 Å². The Labute approximate surface area is 201 Å². The largest absolute Gasteiger partial charge is 0.369 e. The molecule has 1 amide bonds. The molecule has 3 heterocycles. The maximum atomic E-state index is 15.1. The molecule has 2 fully saturated rings. The molecular weight excluding hydrogens is 533 g/mol. The zero-order chi connectivity index (χ0) is 23.4. The van der Waals surface area contributed by atoms with Gasteiger partial charge < -0.3 is 11.1 Å². The van der Waals surface area contributed by atoms with Crippen molar-refractivity contribution < 1.29 is 17.6 Å². The van der Waals surface area contributed by atoms with Crippen molar-refractivity contribution in [1.29, 1.82) is 0 Å². The number of halogens is 2. The molecule has 1 saturated heterocycles. The van der Waals surface area contributed by atoms with Crippen molar-refractivity contribution in [2.24, 2.45) is 11.1 Å². The molecule has 0 atom stereocenters. The monoisotopic (exact) mass is 551 g/mol. The van der Waals surface area contributed by atoms with Gasteiger partial charge in [-0.1, -0.05) is 12.1 Å². The van der Waals surface area contributed by atoms with Crippen molar-refractivity contribution in [1.82, 2.24) is 15.0 Å². The molecule has 12 heteroatoms. The van der Waals surface area contributed by atoms with Crippen molar-refractivity contribution >= 4 is 49.0 Å². The van der Waals surface area contributed by atoms with Gasteiger partial charge in [-0.2, -0.15) is 0 Å². The predicted octanol–water partition coefficient (Wildman–Crippen LogP) is 3.19. The summed E-state index contributed by atoms with van der Waals surface area (Å²) in [7, 11) is -2.86. The highest BCUT2D eigenvalue weighted by Crippen LogP contribution is 2.50. The summed E-state index contributed by atoms with van der Waals surface area (Å²) in [4.78, 5) is 25.3. The van der Waals surface area contributed by atoms with Crippen molar-refractivity contribution in [3.8, 4) is 21.8 Å². The third-order valence-electron chi connectivity index (χ3n) is 5.93. The average Bonchev–Trinajstić information content (AvgIpc) is 3.08. The predicted molar refractivity (Wildman–Crippen MR) is 127 cm³/mol. The number of sulfone groups is 1. The highest BCUT2D eigenvalue weighted by Gasteiger charge is 2.56. The van der Waals surface area contributed by atoms with Crippen LogP contribution in [0.5, 0.6) is 0 Å². The van der Waals surface area contributed by atoms with Crippen LogP contribution in [0.2, 0.25) is 0 Å². The lowest BCUT2D eigenvalue weighted by atomic mass is 9.67. The number of nitrogens with one attached hydrogen (secondary N) is 1. The quantitative estimate of drug-likeness (QED) is 0.481. The summed E-state index contributed by atoms with van der Waals surface area (Å²) < 4.78 is 38.7. The van der Waals surface area contributed by atoms with Gasteiger partial charge in [0.2, 0.25) is 11.9 Å². The van der Waals surface area contributed by atoms with Gasteiger partial charge in [0.25, 0.3) is 0 Å². The second-order valence-corrected chi connectivity index (χ2v) is 13.0. The molecule has 172 valence electrons. The van der Waals surface area contributed by atoms with E-state index >= 15 is 4.39 Å². The van der Waals surface area contributed by atoms with Gasteiger partial charge in [-0.3, -0.25) is 4.79 Å². The molecule has 1 aliphatic heterocycles. The Bertz CT molecular complexity index is 1360. The number of rotatable bonds is 6. The fourth-order valence-corrected chi connectivity index (χ4v) is 8.38. The topological polar surface area (TPSA) is 128 Å². The van der Waals surface area contributed by atoms with E-state index in [4.69, 9.17) is 5.73 Å². The van der Waals surface area contributed by atoms with Crippen LogP contribution in [-0.4, -0.2) is 46.8 Å². The second-order valence-electron chi connectivity index (χ2n) is 8.61. The Morgan fingerprint density at radius 2 is 2.03 bits per heavy atom. The van der Waals surface area contributed by atoms with Gasteiger partial charge in [-0.05, 0) is 46.5 Å². The smallest absolute Gasteiger partial charge is 0.223 e. The molecule has 2 aliphatic rings. The van der Waals surface area contributed by atoms with Gasteiger partial charge in [0.05, 0.1) is 34.2 Å². The van der Waals surface area contributed by atoms with Gasteiger partial charge >= 0.3 is 0 Å². The van der Waals surface area contributed by atoms with Crippen LogP contribution in [0.1, 0.15) is 18.4 Å². The Morgan fingerprint density at radius 1 is 1.27 bits per heavy atom. The molecule has 1 aliphatic carbocycles. The van der Waals surface area contributed by atoms with Gasteiger partial charge in [-0.25, -0.2) is 27.8 Å². The number of nitrogens with two attached hydrogens (primary N) is 1. The molecule has 0 radical (unpaired) electrons. The van der Waals surface area contributed by atoms with Crippen LogP contribution in [-0.2, 0) is 21.1 Å². The zero-order valence-corrected chi connectivity index (χ0v) is 20.4. The summed E-state index contributed by atoms with van der Waals surface area (Å²) in [5.41, 5.74) is 6.60. The summed E-state index contributed by atoms with van der Waals surface area (Å²) in [5.74, 6) is -0.212. The van der Waals surface area contributed by atoms with E-state index in [0.29, 0.717) is 26.1 Å². The number of nitrogens with zero attached hydrogens (tertiary/aromatic N) is 3. The third-order valence-corrected chi connectivity index (χ3v) is 9.57. The average molecular weight is 552 g/mol. The first kappa shape index (κ1) is 22.4. The maximum Gasteiger partial charge on any atom is 0.223 e. The van der Waals surface area contributed by atoms with E-state index in [1.165, 1.54) is 17.4 Å². The number of carbonyl (C=O) groups excluding carboxylic acids is 1. The van der Waals surface area contributed by atoms with E-state index in [9.17, 15) is 13.2 Å². The molecular formula is C21H19BrFN5O3S2. The SMILES string of the molecule is NC(=O)Cc1cccc(-c2nc(Br)sc2-c2ccnc(NC3CC4(C3)CS(=O)(=O)C4)n2)c1F. The van der Waals surface area contributed by atoms with Crippen LogP contribution < -0.4 is 11.1 Å². The summed E-state index contributed by atoms with van der Waals surface area (Å²) in [6.07, 6.45) is 2.96. The molecule has 8 nitrogen and oxygen atoms in total. The first-order valence-electron chi connectivity index (χ1n) is 10.2. The van der Waals surface area contributed by atoms with Crippen LogP contribution in [0.4, 0.5) is 10.3 Å². The Morgan fingerprint density at radius 3 is 2.73 bits per heavy atom. The Balaban J connectivity index is 1.40. The minimum absolute atomic E-state index is 0.0860. The van der Waals surface area contributed by atoms with E-state index in [-0.39, 0.29) is 40.5 Å². The number of carbonyl (C=O) groups is 1. The fraction of sp³-hybridized carbons (Fsp3) is 0.333. The molecule has 33 heavy (non-hydrogen) atoms. The first-order chi connectivity index (χ1) is 15.6. The summed E-state index contributed by atoms with van der Waals surface area (Å²) >= 11 is 4.69. The number of hydrogen-bond donors (Lipinski definition) is 2. The Hall–Kier alpha value is -2.44. The van der Waals surface area contributed by atoms with Crippen molar-refractivity contribution in [3.05, 3.63) is 45.8 Å². The van der Waals surface area contributed by atoms with Gasteiger partial charge in [-0.15, -0.1) is 11.3 Å². The molecule has 0 bridgehead atoms. The maximum absolute atomic E-state index is 15.1. The minimum Gasteiger partial charge on any atom is -0.369 e. The molecule has 1 spiro atoms. The molecule has 3 N–H and O–H groups in total. The number of primary amides is 1. The lowest BCUT2D eigenvalue weighted by molar-refractivity contribution is -0.117. The van der Waals surface area contributed by atoms with Crippen LogP contribution >= 0.6 is 27.3 Å². The van der Waals surface area contributed by atoms with Crippen LogP contribution in [0.15, 0.2) is 34.4 Å². The lowest BCUT2D eigenvalue weighted by Crippen LogP contribution is -2.60. The molecule has 2 aromatic heterocycles. The summed E-state index contributed by atoms with van der Waals surface area (Å²) in [5, 5.41) is 3.28. The summed E-state index contributed by atoms with van der Waals surface area (Å²) in [6.45, 7) is 0. The molecule has 5 rings (SSSR count). The first-order valence-corrected chi connectivity index (χ1v) is 13.6. The van der Waals surface area contributed by atoms with Crippen LogP contribution in [0, 0.1) is 11.2 Å². The number of aromatic nitrogens is 3. The van der Waals surface area contributed by atoms with E-state index in [2.05, 4.69) is 36.2 Å². The third kappa shape index (κ3) is 4.38. The molecule has 1 saturated carbocycles. The zero-order valence-electron chi connectivity index (χ0n) is 17.2. The van der Waals surface area contributed by atoms with Crippen molar-refractivity contribution in [2.75, 3.05) is 16.8 Å². The van der Waals surface area contributed by atoms with Gasteiger partial charge in [0.15, 0.2) is 13.8 Å². The van der Waals surface area contributed by atoms with Crippen LogP contribution in [0.25, 0.3) is 21.8 Å². The number of anilines is 1. The lowest BCUT2D eigenvalue weighted by Gasteiger charge is -2.53. The van der Waals surface area contributed by atoms with Crippen molar-refractivity contribution in [2.45, 2.75) is 25.3 Å². The van der Waals surface area contributed by atoms with E-state index in [1.807, 2.05) is 0 Å². The van der Waals surface area contributed by atoms with Crippen molar-refractivity contribution in [3.63, 3.8) is 0 Å².